The van der Waals surface area contributed by atoms with E-state index in [9.17, 15) is 14.4 Å². The molecule has 2 rings (SSSR count). The largest absolute Gasteiger partial charge is 0.478 e. The molecule has 0 bridgehead atoms. The Kier molecular flexibility index (Phi) is 6.06. The Morgan fingerprint density at radius 1 is 0.960 bits per heavy atom. The molecular weight excluding hydrogens is 324 g/mol. The Morgan fingerprint density at radius 3 is 2.12 bits per heavy atom. The van der Waals surface area contributed by atoms with E-state index < -0.39 is 17.9 Å². The second-order valence-electron chi connectivity index (χ2n) is 4.93. The molecular formula is C19H16O6. The van der Waals surface area contributed by atoms with Crippen LogP contribution in [-0.2, 0) is 9.53 Å². The Labute approximate surface area is 144 Å². The van der Waals surface area contributed by atoms with Gasteiger partial charge in [0.15, 0.2) is 0 Å². The van der Waals surface area contributed by atoms with Crippen molar-refractivity contribution >= 4 is 24.0 Å². The molecule has 0 saturated heterocycles. The first-order valence-electron chi connectivity index (χ1n) is 7.50. The third-order valence-electron chi connectivity index (χ3n) is 3.16. The minimum atomic E-state index is -1.05. The molecule has 25 heavy (non-hydrogen) atoms. The van der Waals surface area contributed by atoms with Crippen molar-refractivity contribution in [1.29, 1.82) is 0 Å². The van der Waals surface area contributed by atoms with Gasteiger partial charge in [-0.1, -0.05) is 12.1 Å². The molecule has 0 fully saturated rings. The fourth-order valence-electron chi connectivity index (χ4n) is 1.92. The van der Waals surface area contributed by atoms with Crippen molar-refractivity contribution in [2.24, 2.45) is 0 Å². The van der Waals surface area contributed by atoms with Gasteiger partial charge in [0.2, 0.25) is 0 Å². The molecule has 0 aliphatic rings. The smallest absolute Gasteiger partial charge is 0.343 e. The van der Waals surface area contributed by atoms with Crippen LogP contribution in [-0.4, -0.2) is 29.6 Å². The number of carboxylic acids is 1. The van der Waals surface area contributed by atoms with E-state index in [1.165, 1.54) is 30.3 Å². The van der Waals surface area contributed by atoms with Crippen LogP contribution in [0.1, 0.15) is 33.2 Å². The average Bonchev–Trinajstić information content (AvgIpc) is 2.61. The quantitative estimate of drug-likeness (QED) is 0.493. The summed E-state index contributed by atoms with van der Waals surface area (Å²) in [7, 11) is 0. The lowest BCUT2D eigenvalue weighted by Gasteiger charge is -2.05. The van der Waals surface area contributed by atoms with Gasteiger partial charge in [0.1, 0.15) is 5.75 Å². The lowest BCUT2D eigenvalue weighted by molar-refractivity contribution is -0.137. The number of hydrogen-bond acceptors (Lipinski definition) is 5. The summed E-state index contributed by atoms with van der Waals surface area (Å²) in [5.41, 5.74) is 1.17. The molecule has 6 nitrogen and oxygen atoms in total. The van der Waals surface area contributed by atoms with Crippen LogP contribution >= 0.6 is 0 Å². The maximum absolute atomic E-state index is 12.1. The van der Waals surface area contributed by atoms with E-state index in [0.717, 1.165) is 5.56 Å². The number of carboxylic acid groups (broad SMARTS) is 1. The van der Waals surface area contributed by atoms with E-state index in [-0.39, 0.29) is 11.3 Å². The molecule has 0 atom stereocenters. The number of ether oxygens (including phenoxy) is 2. The van der Waals surface area contributed by atoms with Gasteiger partial charge in [0.25, 0.3) is 0 Å². The molecule has 0 heterocycles. The van der Waals surface area contributed by atoms with Crippen LogP contribution in [0.25, 0.3) is 6.08 Å². The van der Waals surface area contributed by atoms with Crippen LogP contribution in [0, 0.1) is 0 Å². The molecule has 0 amide bonds. The third-order valence-corrected chi connectivity index (χ3v) is 3.16. The van der Waals surface area contributed by atoms with Gasteiger partial charge in [-0.3, -0.25) is 0 Å². The summed E-state index contributed by atoms with van der Waals surface area (Å²) in [4.78, 5) is 34.1. The standard InChI is InChI=1S/C19H16O6/c1-2-24-17(20)12-5-13-3-6-15(7-4-13)19(23)25-16-10-8-14(9-11-16)18(21)22/h3-12H,2H2,1H3,(H,21,22). The van der Waals surface area contributed by atoms with Gasteiger partial charge in [-0.2, -0.15) is 0 Å². The van der Waals surface area contributed by atoms with E-state index in [4.69, 9.17) is 14.6 Å². The van der Waals surface area contributed by atoms with Crippen molar-refractivity contribution in [3.05, 3.63) is 71.3 Å². The molecule has 6 heteroatoms. The van der Waals surface area contributed by atoms with Gasteiger partial charge >= 0.3 is 17.9 Å². The van der Waals surface area contributed by atoms with Crippen LogP contribution in [0.15, 0.2) is 54.6 Å². The third kappa shape index (κ3) is 5.31. The van der Waals surface area contributed by atoms with E-state index in [2.05, 4.69) is 0 Å². The zero-order valence-corrected chi connectivity index (χ0v) is 13.5. The number of benzene rings is 2. The monoisotopic (exact) mass is 340 g/mol. The van der Waals surface area contributed by atoms with Crippen molar-refractivity contribution in [1.82, 2.24) is 0 Å². The Hall–Kier alpha value is -3.41. The van der Waals surface area contributed by atoms with Crippen molar-refractivity contribution in [3.8, 4) is 5.75 Å². The molecule has 0 aliphatic carbocycles. The van der Waals surface area contributed by atoms with E-state index in [0.29, 0.717) is 12.2 Å². The highest BCUT2D eigenvalue weighted by Gasteiger charge is 2.09. The highest BCUT2D eigenvalue weighted by molar-refractivity contribution is 5.92. The van der Waals surface area contributed by atoms with Gasteiger partial charge in [-0.15, -0.1) is 0 Å². The molecule has 0 radical (unpaired) electrons. The summed E-state index contributed by atoms with van der Waals surface area (Å²) in [6.07, 6.45) is 2.89. The van der Waals surface area contributed by atoms with Gasteiger partial charge < -0.3 is 14.6 Å². The SMILES string of the molecule is CCOC(=O)C=Cc1ccc(C(=O)Oc2ccc(C(=O)O)cc2)cc1. The predicted molar refractivity (Wildman–Crippen MR) is 90.5 cm³/mol. The van der Waals surface area contributed by atoms with Crippen LogP contribution < -0.4 is 4.74 Å². The Bertz CT molecular complexity index is 788. The summed E-state index contributed by atoms with van der Waals surface area (Å²) in [6.45, 7) is 2.03. The number of carbonyl (C=O) groups is 3. The summed E-state index contributed by atoms with van der Waals surface area (Å²) < 4.78 is 9.96. The van der Waals surface area contributed by atoms with Gasteiger partial charge in [0, 0.05) is 6.08 Å². The Morgan fingerprint density at radius 2 is 1.56 bits per heavy atom. The van der Waals surface area contributed by atoms with Crippen molar-refractivity contribution in [2.45, 2.75) is 6.92 Å². The molecule has 2 aromatic carbocycles. The molecule has 0 unspecified atom stereocenters. The number of hydrogen-bond donors (Lipinski definition) is 1. The second kappa shape index (κ2) is 8.44. The summed E-state index contributed by atoms with van der Waals surface area (Å²) in [5.74, 6) is -1.80. The van der Waals surface area contributed by atoms with Crippen molar-refractivity contribution < 1.29 is 29.0 Å². The maximum atomic E-state index is 12.1. The fourth-order valence-corrected chi connectivity index (χ4v) is 1.92. The van der Waals surface area contributed by atoms with Crippen LogP contribution in [0.3, 0.4) is 0 Å². The highest BCUT2D eigenvalue weighted by Crippen LogP contribution is 2.15. The normalized spacial score (nSPS) is 10.4. The van der Waals surface area contributed by atoms with Crippen LogP contribution in [0.4, 0.5) is 0 Å². The minimum absolute atomic E-state index is 0.109. The minimum Gasteiger partial charge on any atom is -0.478 e. The lowest BCUT2D eigenvalue weighted by Crippen LogP contribution is -2.08. The molecule has 0 aromatic heterocycles. The number of rotatable bonds is 6. The molecule has 2 aromatic rings. The summed E-state index contributed by atoms with van der Waals surface area (Å²) in [5, 5.41) is 8.83. The predicted octanol–water partition coefficient (Wildman–Crippen LogP) is 3.18. The van der Waals surface area contributed by atoms with E-state index >= 15 is 0 Å². The number of aromatic carboxylic acids is 1. The zero-order valence-electron chi connectivity index (χ0n) is 13.5. The van der Waals surface area contributed by atoms with Gasteiger partial charge in [-0.25, -0.2) is 14.4 Å². The Balaban J connectivity index is 2.00. The summed E-state index contributed by atoms with van der Waals surface area (Å²) in [6, 6.07) is 12.0. The van der Waals surface area contributed by atoms with E-state index in [1.807, 2.05) is 0 Å². The fraction of sp³-hybridized carbons (Fsp3) is 0.105. The maximum Gasteiger partial charge on any atom is 0.343 e. The molecule has 0 aliphatic heterocycles. The second-order valence-corrected chi connectivity index (χ2v) is 4.93. The highest BCUT2D eigenvalue weighted by atomic mass is 16.5. The molecule has 0 spiro atoms. The van der Waals surface area contributed by atoms with Gasteiger partial charge in [0.05, 0.1) is 17.7 Å². The lowest BCUT2D eigenvalue weighted by atomic mass is 10.1. The van der Waals surface area contributed by atoms with Crippen molar-refractivity contribution in [2.75, 3.05) is 6.61 Å². The topological polar surface area (TPSA) is 89.9 Å². The first-order chi connectivity index (χ1) is 12.0. The first-order valence-corrected chi connectivity index (χ1v) is 7.50. The number of carbonyl (C=O) groups excluding carboxylic acids is 2. The first kappa shape index (κ1) is 17.9. The average molecular weight is 340 g/mol. The van der Waals surface area contributed by atoms with E-state index in [1.54, 1.807) is 37.3 Å². The van der Waals surface area contributed by atoms with Crippen molar-refractivity contribution in [3.63, 3.8) is 0 Å². The molecule has 1 N–H and O–H groups in total. The number of esters is 2. The van der Waals surface area contributed by atoms with Gasteiger partial charge in [-0.05, 0) is 55.0 Å². The molecule has 128 valence electrons. The molecule has 0 saturated carbocycles. The zero-order chi connectivity index (χ0) is 18.2. The van der Waals surface area contributed by atoms with Crippen LogP contribution in [0.2, 0.25) is 0 Å². The summed E-state index contributed by atoms with van der Waals surface area (Å²) >= 11 is 0. The van der Waals surface area contributed by atoms with Crippen LogP contribution in [0.5, 0.6) is 5.75 Å².